The molecule has 0 saturated carbocycles. The summed E-state index contributed by atoms with van der Waals surface area (Å²) in [6.07, 6.45) is 1.94. The first kappa shape index (κ1) is 21.0. The van der Waals surface area contributed by atoms with Gasteiger partial charge >= 0.3 is 6.61 Å². The van der Waals surface area contributed by atoms with Crippen LogP contribution in [0.1, 0.15) is 49.4 Å². The molecular weight excluding hydrogens is 383 g/mol. The van der Waals surface area contributed by atoms with Gasteiger partial charge in [0.2, 0.25) is 0 Å². The Labute approximate surface area is 166 Å². The second kappa shape index (κ2) is 7.93. The van der Waals surface area contributed by atoms with Gasteiger partial charge in [-0.15, -0.1) is 5.10 Å². The first-order valence-electron chi connectivity index (χ1n) is 9.50. The van der Waals surface area contributed by atoms with Gasteiger partial charge in [-0.1, -0.05) is 20.3 Å². The molecule has 29 heavy (non-hydrogen) atoms. The van der Waals surface area contributed by atoms with Crippen LogP contribution in [0.15, 0.2) is 23.0 Å². The highest BCUT2D eigenvalue weighted by Crippen LogP contribution is 2.30. The average Bonchev–Trinajstić information content (AvgIpc) is 2.98. The van der Waals surface area contributed by atoms with E-state index in [1.54, 1.807) is 18.5 Å². The minimum atomic E-state index is -3.13. The fourth-order valence-corrected chi connectivity index (χ4v) is 3.69. The molecule has 0 radical (unpaired) electrons. The van der Waals surface area contributed by atoms with E-state index in [0.717, 1.165) is 30.2 Å². The molecule has 1 unspecified atom stereocenters. The molecule has 0 saturated heterocycles. The number of rotatable bonds is 6. The summed E-state index contributed by atoms with van der Waals surface area (Å²) in [5.74, 6) is -1.04. The fraction of sp³-hybridized carbons (Fsp3) is 0.429. The van der Waals surface area contributed by atoms with Gasteiger partial charge in [0.05, 0.1) is 0 Å². The Morgan fingerprint density at radius 1 is 1.21 bits per heavy atom. The minimum absolute atomic E-state index is 0.203. The van der Waals surface area contributed by atoms with Crippen LogP contribution in [-0.2, 0) is 7.05 Å². The monoisotopic (exact) mass is 407 g/mol. The van der Waals surface area contributed by atoms with Crippen LogP contribution < -0.4 is 10.3 Å². The number of aryl methyl sites for hydroxylation is 2. The fourth-order valence-electron chi connectivity index (χ4n) is 3.69. The highest BCUT2D eigenvalue weighted by molar-refractivity contribution is 5.65. The predicted octanol–water partition coefficient (Wildman–Crippen LogP) is 4.96. The molecule has 0 aliphatic rings. The molecule has 8 heteroatoms. The maximum atomic E-state index is 14.3. The van der Waals surface area contributed by atoms with Crippen LogP contribution in [0.25, 0.3) is 16.9 Å². The smallest absolute Gasteiger partial charge is 0.387 e. The summed E-state index contributed by atoms with van der Waals surface area (Å²) < 4.78 is 46.4. The molecule has 1 atom stereocenters. The van der Waals surface area contributed by atoms with Crippen LogP contribution in [0.5, 0.6) is 5.75 Å². The molecule has 3 aromatic rings. The van der Waals surface area contributed by atoms with E-state index in [0.29, 0.717) is 16.6 Å². The Balaban J connectivity index is 2.22. The van der Waals surface area contributed by atoms with Crippen molar-refractivity contribution >= 4 is 5.52 Å². The van der Waals surface area contributed by atoms with E-state index in [1.165, 1.54) is 10.6 Å². The molecule has 0 fully saturated rings. The van der Waals surface area contributed by atoms with Crippen LogP contribution in [0.3, 0.4) is 0 Å². The molecule has 0 spiro atoms. The van der Waals surface area contributed by atoms with Crippen LogP contribution >= 0.6 is 0 Å². The molecule has 156 valence electrons. The van der Waals surface area contributed by atoms with Gasteiger partial charge in [0, 0.05) is 18.3 Å². The number of ether oxygens (including phenoxy) is 1. The Kier molecular flexibility index (Phi) is 5.73. The first-order chi connectivity index (χ1) is 13.6. The van der Waals surface area contributed by atoms with Crippen molar-refractivity contribution in [1.29, 1.82) is 0 Å². The highest BCUT2D eigenvalue weighted by Gasteiger charge is 2.21. The first-order valence-corrected chi connectivity index (χ1v) is 9.50. The molecule has 5 nitrogen and oxygen atoms in total. The molecule has 1 aromatic carbocycles. The predicted molar refractivity (Wildman–Crippen MR) is 105 cm³/mol. The van der Waals surface area contributed by atoms with Crippen molar-refractivity contribution in [1.82, 2.24) is 14.2 Å². The van der Waals surface area contributed by atoms with Crippen molar-refractivity contribution < 1.29 is 17.9 Å². The molecular formula is C21H24F3N3O2. The number of hydrogen-bond donors (Lipinski definition) is 0. The lowest BCUT2D eigenvalue weighted by molar-refractivity contribution is -0.0522. The number of benzene rings is 1. The largest absolute Gasteiger partial charge is 0.432 e. The zero-order chi connectivity index (χ0) is 21.5. The van der Waals surface area contributed by atoms with Gasteiger partial charge in [0.25, 0.3) is 5.56 Å². The van der Waals surface area contributed by atoms with Crippen LogP contribution in [0.4, 0.5) is 13.2 Å². The molecule has 0 bridgehead atoms. The van der Waals surface area contributed by atoms with E-state index >= 15 is 0 Å². The van der Waals surface area contributed by atoms with E-state index in [4.69, 9.17) is 0 Å². The Bertz CT molecular complexity index is 1120. The maximum absolute atomic E-state index is 14.3. The standard InChI is InChI=1S/C21H24F3N3O2/c1-6-7-11(2)14-9-13(4)27-18(14)20(28)26(5)19(25-27)15-10-16(22)17(8-12(15)3)29-21(23)24/h8-11,21H,6-7H2,1-5H3. The van der Waals surface area contributed by atoms with E-state index < -0.39 is 18.2 Å². The summed E-state index contributed by atoms with van der Waals surface area (Å²) >= 11 is 0. The van der Waals surface area contributed by atoms with Crippen LogP contribution in [-0.4, -0.2) is 20.8 Å². The van der Waals surface area contributed by atoms with Gasteiger partial charge in [-0.3, -0.25) is 9.36 Å². The lowest BCUT2D eigenvalue weighted by Gasteiger charge is -2.15. The highest BCUT2D eigenvalue weighted by atomic mass is 19.3. The van der Waals surface area contributed by atoms with E-state index in [-0.39, 0.29) is 17.3 Å². The minimum Gasteiger partial charge on any atom is -0.432 e. The Morgan fingerprint density at radius 2 is 1.90 bits per heavy atom. The zero-order valence-electron chi connectivity index (χ0n) is 17.1. The summed E-state index contributed by atoms with van der Waals surface area (Å²) in [6, 6.07) is 4.21. The van der Waals surface area contributed by atoms with Gasteiger partial charge < -0.3 is 4.74 Å². The van der Waals surface area contributed by atoms with Gasteiger partial charge in [0.1, 0.15) is 5.52 Å². The van der Waals surface area contributed by atoms with Crippen molar-refractivity contribution in [3.63, 3.8) is 0 Å². The van der Waals surface area contributed by atoms with Gasteiger partial charge in [-0.25, -0.2) is 8.91 Å². The lowest BCUT2D eigenvalue weighted by atomic mass is 9.97. The summed E-state index contributed by atoms with van der Waals surface area (Å²) in [6.45, 7) is 4.53. The van der Waals surface area contributed by atoms with E-state index in [9.17, 15) is 18.0 Å². The number of fused-ring (bicyclic) bond motifs is 1. The summed E-state index contributed by atoms with van der Waals surface area (Å²) in [5.41, 5.74) is 2.80. The maximum Gasteiger partial charge on any atom is 0.387 e. The van der Waals surface area contributed by atoms with Crippen LogP contribution in [0.2, 0.25) is 0 Å². The quantitative estimate of drug-likeness (QED) is 0.580. The van der Waals surface area contributed by atoms with E-state index in [1.807, 2.05) is 13.0 Å². The van der Waals surface area contributed by atoms with Gasteiger partial charge in [-0.05, 0) is 55.5 Å². The van der Waals surface area contributed by atoms with Crippen molar-refractivity contribution in [3.05, 3.63) is 51.2 Å². The summed E-state index contributed by atoms with van der Waals surface area (Å²) in [5, 5.41) is 4.59. The molecule has 2 aromatic heterocycles. The van der Waals surface area contributed by atoms with Crippen molar-refractivity contribution in [3.8, 4) is 17.1 Å². The lowest BCUT2D eigenvalue weighted by Crippen LogP contribution is -2.24. The molecule has 3 rings (SSSR count). The molecule has 2 heterocycles. The summed E-state index contributed by atoms with van der Waals surface area (Å²) in [7, 11) is 1.57. The van der Waals surface area contributed by atoms with Gasteiger partial charge in [0.15, 0.2) is 17.4 Å². The molecule has 0 N–H and O–H groups in total. The molecule has 0 aliphatic carbocycles. The second-order valence-corrected chi connectivity index (χ2v) is 7.36. The van der Waals surface area contributed by atoms with Crippen molar-refractivity contribution in [2.45, 2.75) is 53.1 Å². The number of hydrogen-bond acceptors (Lipinski definition) is 3. The van der Waals surface area contributed by atoms with E-state index in [2.05, 4.69) is 23.7 Å². The number of nitrogens with zero attached hydrogens (tertiary/aromatic N) is 3. The number of halogens is 3. The Hall–Kier alpha value is -2.77. The normalized spacial score (nSPS) is 12.7. The molecule has 0 amide bonds. The van der Waals surface area contributed by atoms with Crippen molar-refractivity contribution in [2.24, 2.45) is 7.05 Å². The third kappa shape index (κ3) is 3.75. The number of alkyl halides is 2. The van der Waals surface area contributed by atoms with Gasteiger partial charge in [-0.2, -0.15) is 8.78 Å². The SMILES string of the molecule is CCCC(C)c1cc(C)n2nc(-c3cc(F)c(OC(F)F)cc3C)n(C)c(=O)c12. The zero-order valence-corrected chi connectivity index (χ0v) is 17.1. The van der Waals surface area contributed by atoms with Crippen molar-refractivity contribution in [2.75, 3.05) is 0 Å². The average molecular weight is 407 g/mol. The topological polar surface area (TPSA) is 48.5 Å². The molecule has 0 aliphatic heterocycles. The Morgan fingerprint density at radius 3 is 2.52 bits per heavy atom. The number of aromatic nitrogens is 3. The van der Waals surface area contributed by atoms with Crippen LogP contribution in [0, 0.1) is 19.7 Å². The summed E-state index contributed by atoms with van der Waals surface area (Å²) in [4.78, 5) is 13.2. The third-order valence-corrected chi connectivity index (χ3v) is 5.19. The second-order valence-electron chi connectivity index (χ2n) is 7.36. The third-order valence-electron chi connectivity index (χ3n) is 5.19.